The van der Waals surface area contributed by atoms with Crippen LogP contribution in [0.1, 0.15) is 12.0 Å². The number of sulfone groups is 1. The Kier molecular flexibility index (Phi) is 4.04. The minimum absolute atomic E-state index is 0.000881. The first-order valence-electron chi connectivity index (χ1n) is 6.99. The molecule has 0 amide bonds. The van der Waals surface area contributed by atoms with Gasteiger partial charge in [0.2, 0.25) is 0 Å². The van der Waals surface area contributed by atoms with Crippen LogP contribution in [-0.4, -0.2) is 37.9 Å². The molecule has 1 N–H and O–H groups in total. The maximum absolute atomic E-state index is 13.3. The van der Waals surface area contributed by atoms with Gasteiger partial charge in [-0.3, -0.25) is 0 Å². The zero-order valence-corrected chi connectivity index (χ0v) is 13.4. The van der Waals surface area contributed by atoms with Gasteiger partial charge >= 0.3 is 0 Å². The number of hydrogen-bond donors (Lipinski definition) is 1. The van der Waals surface area contributed by atoms with Crippen LogP contribution in [0.2, 0.25) is 0 Å². The Labute approximate surface area is 137 Å². The monoisotopic (exact) mass is 356 g/mol. The van der Waals surface area contributed by atoms with Crippen LogP contribution in [0.3, 0.4) is 0 Å². The van der Waals surface area contributed by atoms with Gasteiger partial charge in [0.05, 0.1) is 29.7 Å². The molecule has 0 fully saturated rings. The Balaban J connectivity index is 2.12. The molecule has 128 valence electrons. The van der Waals surface area contributed by atoms with Crippen molar-refractivity contribution in [1.82, 2.24) is 4.98 Å². The number of anilines is 2. The van der Waals surface area contributed by atoms with Crippen LogP contribution in [0, 0.1) is 0 Å². The number of pyridine rings is 1. The number of phenolic OH excluding ortho intramolecular Hbond substituents is 1. The smallest absolute Gasteiger partial charge is 0.266 e. The standard InChI is InChI=1S/C15H14F2N2O4S/c1-24(21,22)15-11(14(16)17)6-9(8-18-15)19-4-5-23-13-3-2-10(20)7-12(13)19/h2-3,6-8,14,20H,4-5H2,1H3. The molecule has 0 unspecified atom stereocenters. The highest BCUT2D eigenvalue weighted by Crippen LogP contribution is 2.40. The third-order valence-electron chi connectivity index (χ3n) is 3.57. The number of alkyl halides is 2. The molecular formula is C15H14F2N2O4S. The second kappa shape index (κ2) is 5.90. The van der Waals surface area contributed by atoms with Crippen LogP contribution in [0.4, 0.5) is 20.2 Å². The maximum Gasteiger partial charge on any atom is 0.266 e. The zero-order valence-electron chi connectivity index (χ0n) is 12.6. The van der Waals surface area contributed by atoms with Gasteiger partial charge in [0.15, 0.2) is 14.9 Å². The van der Waals surface area contributed by atoms with Crippen molar-refractivity contribution < 1.29 is 27.0 Å². The van der Waals surface area contributed by atoms with Crippen molar-refractivity contribution in [2.75, 3.05) is 24.3 Å². The fraction of sp³-hybridized carbons (Fsp3) is 0.267. The number of aromatic nitrogens is 1. The van der Waals surface area contributed by atoms with Crippen LogP contribution in [-0.2, 0) is 9.84 Å². The number of fused-ring (bicyclic) bond motifs is 1. The molecule has 1 aromatic carbocycles. The van der Waals surface area contributed by atoms with Gasteiger partial charge in [-0.25, -0.2) is 22.2 Å². The number of nitrogens with zero attached hydrogens (tertiary/aromatic N) is 2. The fourth-order valence-electron chi connectivity index (χ4n) is 2.55. The zero-order chi connectivity index (χ0) is 17.5. The van der Waals surface area contributed by atoms with Crippen LogP contribution in [0.15, 0.2) is 35.5 Å². The van der Waals surface area contributed by atoms with Crippen LogP contribution >= 0.6 is 0 Å². The SMILES string of the molecule is CS(=O)(=O)c1ncc(N2CCOc3ccc(O)cc32)cc1C(F)F. The van der Waals surface area contributed by atoms with Crippen molar-refractivity contribution in [3.8, 4) is 11.5 Å². The average Bonchev–Trinajstić information content (AvgIpc) is 2.52. The Bertz CT molecular complexity index is 887. The number of ether oxygens (including phenoxy) is 1. The first kappa shape index (κ1) is 16.4. The summed E-state index contributed by atoms with van der Waals surface area (Å²) in [7, 11) is -3.87. The number of halogens is 2. The van der Waals surface area contributed by atoms with Crippen molar-refractivity contribution >= 4 is 21.2 Å². The topological polar surface area (TPSA) is 79.7 Å². The molecule has 1 aliphatic rings. The summed E-state index contributed by atoms with van der Waals surface area (Å²) in [6.45, 7) is 0.661. The van der Waals surface area contributed by atoms with Gasteiger partial charge in [0, 0.05) is 12.3 Å². The van der Waals surface area contributed by atoms with E-state index in [4.69, 9.17) is 4.74 Å². The van der Waals surface area contributed by atoms with Crippen LogP contribution in [0.25, 0.3) is 0 Å². The lowest BCUT2D eigenvalue weighted by Crippen LogP contribution is -2.28. The summed E-state index contributed by atoms with van der Waals surface area (Å²) < 4.78 is 55.3. The third-order valence-corrected chi connectivity index (χ3v) is 4.61. The molecule has 1 aliphatic heterocycles. The molecule has 6 nitrogen and oxygen atoms in total. The van der Waals surface area contributed by atoms with E-state index in [9.17, 15) is 22.3 Å². The summed E-state index contributed by atoms with van der Waals surface area (Å²) in [5.74, 6) is 0.490. The lowest BCUT2D eigenvalue weighted by atomic mass is 10.2. The Hall–Kier alpha value is -2.42. The quantitative estimate of drug-likeness (QED) is 0.911. The molecule has 1 aromatic heterocycles. The molecule has 0 aliphatic carbocycles. The van der Waals surface area contributed by atoms with Crippen molar-refractivity contribution in [3.05, 3.63) is 36.0 Å². The van der Waals surface area contributed by atoms with Gasteiger partial charge in [-0.05, 0) is 18.2 Å². The van der Waals surface area contributed by atoms with E-state index in [-0.39, 0.29) is 5.75 Å². The molecule has 0 saturated heterocycles. The minimum atomic E-state index is -3.87. The Morgan fingerprint density at radius 2 is 2.08 bits per heavy atom. The highest BCUT2D eigenvalue weighted by molar-refractivity contribution is 7.90. The van der Waals surface area contributed by atoms with Gasteiger partial charge in [-0.2, -0.15) is 0 Å². The van der Waals surface area contributed by atoms with E-state index in [1.54, 1.807) is 11.0 Å². The summed E-state index contributed by atoms with van der Waals surface area (Å²) >= 11 is 0. The molecule has 2 heterocycles. The predicted octanol–water partition coefficient (Wildman–Crippen LogP) is 2.66. The molecule has 24 heavy (non-hydrogen) atoms. The Morgan fingerprint density at radius 1 is 1.33 bits per heavy atom. The van der Waals surface area contributed by atoms with E-state index in [1.807, 2.05) is 0 Å². The first-order valence-corrected chi connectivity index (χ1v) is 8.88. The van der Waals surface area contributed by atoms with Gasteiger partial charge in [0.25, 0.3) is 6.43 Å². The normalized spacial score (nSPS) is 14.4. The molecule has 3 rings (SSSR count). The second-order valence-electron chi connectivity index (χ2n) is 5.31. The highest BCUT2D eigenvalue weighted by Gasteiger charge is 2.26. The van der Waals surface area contributed by atoms with Gasteiger partial charge < -0.3 is 14.7 Å². The van der Waals surface area contributed by atoms with E-state index in [0.717, 1.165) is 12.3 Å². The Morgan fingerprint density at radius 3 is 2.75 bits per heavy atom. The van der Waals surface area contributed by atoms with E-state index in [2.05, 4.69) is 4.98 Å². The van der Waals surface area contributed by atoms with Gasteiger partial charge in [-0.15, -0.1) is 0 Å². The maximum atomic E-state index is 13.3. The van der Waals surface area contributed by atoms with Crippen molar-refractivity contribution in [2.45, 2.75) is 11.5 Å². The van der Waals surface area contributed by atoms with E-state index in [1.165, 1.54) is 18.3 Å². The lowest BCUT2D eigenvalue weighted by Gasteiger charge is -2.31. The lowest BCUT2D eigenvalue weighted by molar-refractivity contribution is 0.147. The van der Waals surface area contributed by atoms with Crippen molar-refractivity contribution in [3.63, 3.8) is 0 Å². The first-order chi connectivity index (χ1) is 11.3. The number of rotatable bonds is 3. The van der Waals surface area contributed by atoms with Crippen LogP contribution < -0.4 is 9.64 Å². The van der Waals surface area contributed by atoms with Gasteiger partial charge in [-0.1, -0.05) is 0 Å². The summed E-state index contributed by atoms with van der Waals surface area (Å²) in [6, 6.07) is 5.58. The number of benzene rings is 1. The molecule has 0 saturated carbocycles. The average molecular weight is 356 g/mol. The minimum Gasteiger partial charge on any atom is -0.508 e. The molecule has 0 spiro atoms. The number of phenols is 1. The van der Waals surface area contributed by atoms with Crippen molar-refractivity contribution in [2.24, 2.45) is 0 Å². The largest absolute Gasteiger partial charge is 0.508 e. The fourth-order valence-corrected chi connectivity index (χ4v) is 3.37. The molecule has 9 heteroatoms. The molecule has 0 bridgehead atoms. The molecule has 0 atom stereocenters. The summed E-state index contributed by atoms with van der Waals surface area (Å²) in [6.07, 6.45) is -0.920. The number of aromatic hydroxyl groups is 1. The van der Waals surface area contributed by atoms with E-state index < -0.39 is 26.9 Å². The third kappa shape index (κ3) is 2.99. The molecular weight excluding hydrogens is 342 g/mol. The van der Waals surface area contributed by atoms with E-state index >= 15 is 0 Å². The van der Waals surface area contributed by atoms with Crippen LogP contribution in [0.5, 0.6) is 11.5 Å². The summed E-state index contributed by atoms with van der Waals surface area (Å²) in [5, 5.41) is 9.02. The number of hydrogen-bond acceptors (Lipinski definition) is 6. The van der Waals surface area contributed by atoms with Gasteiger partial charge in [0.1, 0.15) is 18.1 Å². The van der Waals surface area contributed by atoms with E-state index in [0.29, 0.717) is 30.3 Å². The summed E-state index contributed by atoms with van der Waals surface area (Å²) in [4.78, 5) is 5.37. The second-order valence-corrected chi connectivity index (χ2v) is 7.24. The molecule has 2 aromatic rings. The predicted molar refractivity (Wildman–Crippen MR) is 82.9 cm³/mol. The summed E-state index contributed by atoms with van der Waals surface area (Å²) in [5.41, 5.74) is 0.145. The van der Waals surface area contributed by atoms with Crippen molar-refractivity contribution in [1.29, 1.82) is 0 Å². The molecule has 0 radical (unpaired) electrons. The highest BCUT2D eigenvalue weighted by atomic mass is 32.2.